The minimum atomic E-state index is -0.324. The fourth-order valence-electron chi connectivity index (χ4n) is 6.87. The Hall–Kier alpha value is -0.690. The molecule has 0 aromatic carbocycles. The Morgan fingerprint density at radius 1 is 0.625 bits per heavy atom. The van der Waals surface area contributed by atoms with Crippen molar-refractivity contribution in [3.63, 3.8) is 0 Å². The van der Waals surface area contributed by atoms with Crippen molar-refractivity contribution >= 4 is 5.97 Å². The van der Waals surface area contributed by atoms with Crippen LogP contribution < -0.4 is 0 Å². The maximum atomic E-state index is 12.7. The SMILES string of the molecule is CCCCCCCCCCOC1(CCCN(CCO)CCCCCCCC(=O)OC(CCCCCCCC)CCCCCCCC)CO1. The zero-order valence-corrected chi connectivity index (χ0v) is 32.6. The van der Waals surface area contributed by atoms with Crippen LogP contribution >= 0.6 is 0 Å². The quantitative estimate of drug-likeness (QED) is 0.0395. The van der Waals surface area contributed by atoms with E-state index in [4.69, 9.17) is 14.2 Å². The Kier molecular flexibility index (Phi) is 31.6. The first-order valence-corrected chi connectivity index (χ1v) is 21.4. The van der Waals surface area contributed by atoms with Gasteiger partial charge in [0, 0.05) is 19.4 Å². The minimum Gasteiger partial charge on any atom is -0.462 e. The first kappa shape index (κ1) is 45.3. The van der Waals surface area contributed by atoms with Crippen LogP contribution in [0.15, 0.2) is 0 Å². The maximum Gasteiger partial charge on any atom is 0.306 e. The number of hydrogen-bond acceptors (Lipinski definition) is 6. The van der Waals surface area contributed by atoms with Gasteiger partial charge in [-0.25, -0.2) is 0 Å². The average Bonchev–Trinajstić information content (AvgIpc) is 3.85. The second-order valence-corrected chi connectivity index (χ2v) is 14.9. The summed E-state index contributed by atoms with van der Waals surface area (Å²) in [6.45, 7) is 11.3. The van der Waals surface area contributed by atoms with Gasteiger partial charge in [-0.15, -0.1) is 0 Å². The number of aliphatic hydroxyl groups excluding tert-OH is 1. The molecule has 0 aromatic heterocycles. The third-order valence-electron chi connectivity index (χ3n) is 10.2. The first-order valence-electron chi connectivity index (χ1n) is 21.4. The van der Waals surface area contributed by atoms with Crippen LogP contribution in [0.2, 0.25) is 0 Å². The molecule has 0 spiro atoms. The smallest absolute Gasteiger partial charge is 0.306 e. The van der Waals surface area contributed by atoms with E-state index in [-0.39, 0.29) is 24.5 Å². The summed E-state index contributed by atoms with van der Waals surface area (Å²) in [6.07, 6.45) is 36.2. The number of rotatable bonds is 39. The zero-order valence-electron chi connectivity index (χ0n) is 32.6. The summed E-state index contributed by atoms with van der Waals surface area (Å²) >= 11 is 0. The van der Waals surface area contributed by atoms with Crippen LogP contribution in [0.3, 0.4) is 0 Å². The Balaban J connectivity index is 2.14. The lowest BCUT2D eigenvalue weighted by molar-refractivity contribution is -0.150. The number of carbonyl (C=O) groups excluding carboxylic acids is 1. The monoisotopic (exact) mass is 682 g/mol. The Morgan fingerprint density at radius 3 is 1.60 bits per heavy atom. The average molecular weight is 682 g/mol. The Labute approximate surface area is 299 Å². The van der Waals surface area contributed by atoms with Gasteiger partial charge in [0.25, 0.3) is 0 Å². The van der Waals surface area contributed by atoms with Crippen molar-refractivity contribution in [2.75, 3.05) is 39.5 Å². The van der Waals surface area contributed by atoms with E-state index >= 15 is 0 Å². The van der Waals surface area contributed by atoms with Crippen LogP contribution in [-0.2, 0) is 19.0 Å². The van der Waals surface area contributed by atoms with E-state index in [0.717, 1.165) is 90.6 Å². The fourth-order valence-corrected chi connectivity index (χ4v) is 6.87. The molecule has 1 aliphatic heterocycles. The number of aliphatic hydroxyl groups is 1. The van der Waals surface area contributed by atoms with Gasteiger partial charge in [-0.1, -0.05) is 149 Å². The van der Waals surface area contributed by atoms with Crippen molar-refractivity contribution in [2.45, 2.75) is 225 Å². The molecule has 286 valence electrons. The highest BCUT2D eigenvalue weighted by Crippen LogP contribution is 2.34. The van der Waals surface area contributed by atoms with Gasteiger partial charge in [-0.3, -0.25) is 4.79 Å². The Morgan fingerprint density at radius 2 is 1.08 bits per heavy atom. The van der Waals surface area contributed by atoms with E-state index in [2.05, 4.69) is 25.7 Å². The maximum absolute atomic E-state index is 12.7. The summed E-state index contributed by atoms with van der Waals surface area (Å²) in [5.41, 5.74) is 0. The number of epoxide rings is 1. The molecule has 1 heterocycles. The Bertz CT molecular complexity index is 669. The van der Waals surface area contributed by atoms with Crippen LogP contribution in [0.1, 0.15) is 213 Å². The molecular weight excluding hydrogens is 598 g/mol. The summed E-state index contributed by atoms with van der Waals surface area (Å²) in [5.74, 6) is -0.305. The van der Waals surface area contributed by atoms with Crippen molar-refractivity contribution in [3.05, 3.63) is 0 Å². The third-order valence-corrected chi connectivity index (χ3v) is 10.2. The predicted octanol–water partition coefficient (Wildman–Crippen LogP) is 11.7. The van der Waals surface area contributed by atoms with E-state index in [9.17, 15) is 9.90 Å². The van der Waals surface area contributed by atoms with Crippen molar-refractivity contribution < 1.29 is 24.1 Å². The number of unbranched alkanes of at least 4 members (excludes halogenated alkanes) is 21. The van der Waals surface area contributed by atoms with Gasteiger partial charge in [-0.2, -0.15) is 0 Å². The van der Waals surface area contributed by atoms with Gasteiger partial charge in [0.05, 0.1) is 13.2 Å². The molecule has 1 fully saturated rings. The normalized spacial score (nSPS) is 16.0. The van der Waals surface area contributed by atoms with Crippen molar-refractivity contribution in [3.8, 4) is 0 Å². The van der Waals surface area contributed by atoms with Gasteiger partial charge < -0.3 is 24.2 Å². The van der Waals surface area contributed by atoms with E-state index in [0.29, 0.717) is 6.42 Å². The largest absolute Gasteiger partial charge is 0.462 e. The molecule has 1 rings (SSSR count). The molecule has 0 radical (unpaired) electrons. The third kappa shape index (κ3) is 28.1. The van der Waals surface area contributed by atoms with Crippen LogP contribution in [0.5, 0.6) is 0 Å². The highest BCUT2D eigenvalue weighted by Gasteiger charge is 2.45. The molecule has 1 aliphatic rings. The zero-order chi connectivity index (χ0) is 34.8. The number of nitrogens with zero attached hydrogens (tertiary/aromatic N) is 1. The van der Waals surface area contributed by atoms with Crippen LogP contribution in [-0.4, -0.2) is 67.3 Å². The fraction of sp³-hybridized carbons (Fsp3) is 0.976. The minimum absolute atomic E-state index is 0.0188. The van der Waals surface area contributed by atoms with E-state index in [1.54, 1.807) is 0 Å². The summed E-state index contributed by atoms with van der Waals surface area (Å²) in [5, 5.41) is 9.59. The first-order chi connectivity index (χ1) is 23.6. The molecule has 6 nitrogen and oxygen atoms in total. The summed E-state index contributed by atoms with van der Waals surface area (Å²) in [7, 11) is 0. The predicted molar refractivity (Wildman–Crippen MR) is 204 cm³/mol. The number of esters is 1. The molecule has 0 amide bonds. The standard InChI is InChI=1S/C42H83NO5/c1-4-7-10-13-16-17-23-28-38-46-42(39-47-42)33-29-35-43(36-37-44)34-27-22-18-21-26-32-41(45)48-40(30-24-19-14-11-8-5-2)31-25-20-15-12-9-6-3/h40,44H,4-39H2,1-3H3. The molecular formula is C42H83NO5. The molecule has 1 unspecified atom stereocenters. The van der Waals surface area contributed by atoms with E-state index in [1.807, 2.05) is 0 Å². The summed E-state index contributed by atoms with van der Waals surface area (Å²) in [6, 6.07) is 0. The van der Waals surface area contributed by atoms with Crippen molar-refractivity contribution in [1.29, 1.82) is 0 Å². The number of carbonyl (C=O) groups is 1. The topological polar surface area (TPSA) is 71.5 Å². The lowest BCUT2D eigenvalue weighted by atomic mass is 10.0. The highest BCUT2D eigenvalue weighted by molar-refractivity contribution is 5.69. The lowest BCUT2D eigenvalue weighted by Gasteiger charge is -2.22. The van der Waals surface area contributed by atoms with Crippen LogP contribution in [0.4, 0.5) is 0 Å². The molecule has 0 bridgehead atoms. The van der Waals surface area contributed by atoms with Gasteiger partial charge in [0.2, 0.25) is 0 Å². The molecule has 0 aromatic rings. The molecule has 48 heavy (non-hydrogen) atoms. The lowest BCUT2D eigenvalue weighted by Crippen LogP contribution is -2.30. The molecule has 6 heteroatoms. The number of ether oxygens (including phenoxy) is 3. The second kappa shape index (κ2) is 33.5. The summed E-state index contributed by atoms with van der Waals surface area (Å²) < 4.78 is 17.9. The molecule has 1 saturated heterocycles. The van der Waals surface area contributed by atoms with E-state index in [1.165, 1.54) is 128 Å². The van der Waals surface area contributed by atoms with Crippen LogP contribution in [0.25, 0.3) is 0 Å². The van der Waals surface area contributed by atoms with Crippen molar-refractivity contribution in [2.24, 2.45) is 0 Å². The van der Waals surface area contributed by atoms with Gasteiger partial charge in [0.15, 0.2) is 5.79 Å². The summed E-state index contributed by atoms with van der Waals surface area (Å²) in [4.78, 5) is 15.1. The van der Waals surface area contributed by atoms with Crippen LogP contribution in [0, 0.1) is 0 Å². The molecule has 1 N–H and O–H groups in total. The van der Waals surface area contributed by atoms with Crippen molar-refractivity contribution in [1.82, 2.24) is 4.90 Å². The molecule has 1 atom stereocenters. The van der Waals surface area contributed by atoms with Gasteiger partial charge >= 0.3 is 5.97 Å². The molecule has 0 aliphatic carbocycles. The second-order valence-electron chi connectivity index (χ2n) is 14.9. The highest BCUT2D eigenvalue weighted by atomic mass is 16.8. The number of hydrogen-bond donors (Lipinski definition) is 1. The van der Waals surface area contributed by atoms with E-state index < -0.39 is 0 Å². The molecule has 0 saturated carbocycles. The van der Waals surface area contributed by atoms with Gasteiger partial charge in [-0.05, 0) is 64.5 Å². The van der Waals surface area contributed by atoms with Gasteiger partial charge in [0.1, 0.15) is 12.7 Å².